The lowest BCUT2D eigenvalue weighted by Gasteiger charge is -2.36. The van der Waals surface area contributed by atoms with E-state index in [1.54, 1.807) is 7.11 Å². The molecule has 1 atom stereocenters. The predicted octanol–water partition coefficient (Wildman–Crippen LogP) is 1.05. The number of piperazine rings is 1. The molecule has 0 aliphatic carbocycles. The van der Waals surface area contributed by atoms with Crippen LogP contribution in [0.25, 0.3) is 0 Å². The molecule has 1 aliphatic rings. The zero-order valence-corrected chi connectivity index (χ0v) is 14.0. The average Bonchev–Trinajstić information content (AvgIpc) is 2.58. The Morgan fingerprint density at radius 2 is 2.09 bits per heavy atom. The third-order valence-electron chi connectivity index (χ3n) is 4.35. The van der Waals surface area contributed by atoms with Crippen LogP contribution in [0, 0.1) is 0 Å². The minimum absolute atomic E-state index is 0.114. The normalized spacial score (nSPS) is 17.2. The molecule has 1 aliphatic heterocycles. The van der Waals surface area contributed by atoms with Gasteiger partial charge in [-0.1, -0.05) is 18.2 Å². The lowest BCUT2D eigenvalue weighted by atomic mass is 10.0. The molecule has 1 aromatic carbocycles. The Labute approximate surface area is 138 Å². The number of methoxy groups -OCH3 is 1. The number of nitrogens with zero attached hydrogens (tertiary/aromatic N) is 2. The lowest BCUT2D eigenvalue weighted by molar-refractivity contribution is -0.137. The first-order valence-electron chi connectivity index (χ1n) is 8.10. The van der Waals surface area contributed by atoms with Crippen LogP contribution in [0.4, 0.5) is 0 Å². The summed E-state index contributed by atoms with van der Waals surface area (Å²) in [4.78, 5) is 15.4. The molecule has 0 aromatic heterocycles. The minimum atomic E-state index is -0.766. The summed E-state index contributed by atoms with van der Waals surface area (Å²) in [7, 11) is 3.67. The van der Waals surface area contributed by atoms with Crippen LogP contribution < -0.4 is 10.1 Å². The van der Waals surface area contributed by atoms with E-state index in [2.05, 4.69) is 21.2 Å². The molecule has 6 nitrogen and oxygen atoms in total. The molecule has 0 bridgehead atoms. The number of benzene rings is 1. The smallest absolute Gasteiger partial charge is 0.304 e. The Hall–Kier alpha value is -1.63. The van der Waals surface area contributed by atoms with Crippen molar-refractivity contribution >= 4 is 5.97 Å². The second kappa shape index (κ2) is 8.86. The number of carbonyl (C=O) groups is 1. The van der Waals surface area contributed by atoms with Crippen molar-refractivity contribution in [3.05, 3.63) is 29.8 Å². The molecule has 1 unspecified atom stereocenters. The van der Waals surface area contributed by atoms with Crippen LogP contribution >= 0.6 is 0 Å². The van der Waals surface area contributed by atoms with Crippen molar-refractivity contribution in [3.8, 4) is 5.75 Å². The number of carboxylic acid groups (broad SMARTS) is 1. The predicted molar refractivity (Wildman–Crippen MR) is 89.9 cm³/mol. The summed E-state index contributed by atoms with van der Waals surface area (Å²) < 4.78 is 5.52. The summed E-state index contributed by atoms with van der Waals surface area (Å²) in [5.74, 6) is 0.0904. The summed E-state index contributed by atoms with van der Waals surface area (Å²) in [5, 5.41) is 12.3. The molecule has 0 radical (unpaired) electrons. The van der Waals surface area contributed by atoms with Gasteiger partial charge in [-0.25, -0.2) is 0 Å². The molecule has 0 saturated carbocycles. The van der Waals surface area contributed by atoms with E-state index in [4.69, 9.17) is 9.84 Å². The topological polar surface area (TPSA) is 65.0 Å². The van der Waals surface area contributed by atoms with E-state index in [0.29, 0.717) is 6.54 Å². The van der Waals surface area contributed by atoms with Crippen molar-refractivity contribution in [3.63, 3.8) is 0 Å². The highest BCUT2D eigenvalue weighted by atomic mass is 16.5. The molecule has 23 heavy (non-hydrogen) atoms. The van der Waals surface area contributed by atoms with E-state index >= 15 is 0 Å². The van der Waals surface area contributed by atoms with Crippen molar-refractivity contribution in [1.29, 1.82) is 0 Å². The van der Waals surface area contributed by atoms with Gasteiger partial charge in [0.2, 0.25) is 0 Å². The average molecular weight is 321 g/mol. The van der Waals surface area contributed by atoms with Crippen molar-refractivity contribution < 1.29 is 14.6 Å². The first-order chi connectivity index (χ1) is 11.1. The summed E-state index contributed by atoms with van der Waals surface area (Å²) in [6.07, 6.45) is 0.143. The molecule has 1 aromatic rings. The van der Waals surface area contributed by atoms with Gasteiger partial charge in [0.25, 0.3) is 0 Å². The minimum Gasteiger partial charge on any atom is -0.496 e. The van der Waals surface area contributed by atoms with Crippen molar-refractivity contribution in [2.24, 2.45) is 0 Å². The Kier molecular flexibility index (Phi) is 6.83. The number of rotatable bonds is 8. The van der Waals surface area contributed by atoms with Gasteiger partial charge in [0.1, 0.15) is 5.75 Å². The Morgan fingerprint density at radius 3 is 2.74 bits per heavy atom. The summed E-state index contributed by atoms with van der Waals surface area (Å²) in [6.45, 7) is 5.41. The van der Waals surface area contributed by atoms with Crippen LogP contribution in [0.1, 0.15) is 18.0 Å². The van der Waals surface area contributed by atoms with E-state index in [9.17, 15) is 4.79 Å². The van der Waals surface area contributed by atoms with Gasteiger partial charge in [-0.05, 0) is 13.1 Å². The molecule has 6 heteroatoms. The van der Waals surface area contributed by atoms with Gasteiger partial charge in [-0.15, -0.1) is 0 Å². The summed E-state index contributed by atoms with van der Waals surface area (Å²) in [6, 6.07) is 8.12. The number of ether oxygens (including phenoxy) is 1. The van der Waals surface area contributed by atoms with E-state index in [1.807, 2.05) is 25.2 Å². The van der Waals surface area contributed by atoms with Crippen LogP contribution in [0.5, 0.6) is 5.75 Å². The number of nitrogens with one attached hydrogen (secondary N) is 1. The molecule has 1 fully saturated rings. The van der Waals surface area contributed by atoms with Crippen LogP contribution in [-0.2, 0) is 4.79 Å². The van der Waals surface area contributed by atoms with Crippen LogP contribution in [0.15, 0.2) is 24.3 Å². The SMILES string of the molecule is COc1ccccc1C(CN1CCNCC1)N(C)CCC(=O)O. The fourth-order valence-corrected chi connectivity index (χ4v) is 2.98. The van der Waals surface area contributed by atoms with Gasteiger partial charge in [-0.3, -0.25) is 14.6 Å². The third kappa shape index (κ3) is 5.20. The Balaban J connectivity index is 2.16. The van der Waals surface area contributed by atoms with Gasteiger partial charge in [0.15, 0.2) is 0 Å². The van der Waals surface area contributed by atoms with E-state index in [-0.39, 0.29) is 12.5 Å². The molecule has 1 saturated heterocycles. The molecule has 0 amide bonds. The quantitative estimate of drug-likeness (QED) is 0.746. The number of carboxylic acids is 1. The maximum Gasteiger partial charge on any atom is 0.304 e. The molecule has 128 valence electrons. The zero-order valence-electron chi connectivity index (χ0n) is 14.0. The Bertz CT molecular complexity index is 504. The fraction of sp³-hybridized carbons (Fsp3) is 0.588. The number of likely N-dealkylation sites (N-methyl/N-ethyl adjacent to an activating group) is 1. The second-order valence-electron chi connectivity index (χ2n) is 5.93. The monoisotopic (exact) mass is 321 g/mol. The van der Waals surface area contributed by atoms with Crippen molar-refractivity contribution in [1.82, 2.24) is 15.1 Å². The molecular weight excluding hydrogens is 294 g/mol. The highest BCUT2D eigenvalue weighted by Gasteiger charge is 2.24. The molecule has 2 rings (SSSR count). The maximum atomic E-state index is 10.9. The van der Waals surface area contributed by atoms with Gasteiger partial charge in [-0.2, -0.15) is 0 Å². The lowest BCUT2D eigenvalue weighted by Crippen LogP contribution is -2.47. The first kappa shape index (κ1) is 17.7. The standard InChI is InChI=1S/C17H27N3O3/c1-19(10-7-17(21)22)15(13-20-11-8-18-9-12-20)14-5-3-4-6-16(14)23-2/h3-6,15,18H,7-13H2,1-2H3,(H,21,22). The highest BCUT2D eigenvalue weighted by Crippen LogP contribution is 2.29. The second-order valence-corrected chi connectivity index (χ2v) is 5.93. The van der Waals surface area contributed by atoms with Gasteiger partial charge >= 0.3 is 5.97 Å². The number of hydrogen-bond donors (Lipinski definition) is 2. The number of hydrogen-bond acceptors (Lipinski definition) is 5. The summed E-state index contributed by atoms with van der Waals surface area (Å²) in [5.41, 5.74) is 1.11. The third-order valence-corrected chi connectivity index (χ3v) is 4.35. The fourth-order valence-electron chi connectivity index (χ4n) is 2.98. The Morgan fingerprint density at radius 1 is 1.39 bits per heavy atom. The van der Waals surface area contributed by atoms with Crippen LogP contribution in [0.3, 0.4) is 0 Å². The molecular formula is C17H27N3O3. The van der Waals surface area contributed by atoms with Crippen molar-refractivity contribution in [2.45, 2.75) is 12.5 Å². The van der Waals surface area contributed by atoms with Crippen LogP contribution in [-0.4, -0.2) is 74.3 Å². The number of aliphatic carboxylic acids is 1. The van der Waals surface area contributed by atoms with E-state index in [1.165, 1.54) is 0 Å². The van der Waals surface area contributed by atoms with Gasteiger partial charge < -0.3 is 15.2 Å². The van der Waals surface area contributed by atoms with E-state index in [0.717, 1.165) is 44.0 Å². The summed E-state index contributed by atoms with van der Waals surface area (Å²) >= 11 is 0. The zero-order chi connectivity index (χ0) is 16.7. The van der Waals surface area contributed by atoms with Gasteiger partial charge in [0, 0.05) is 44.8 Å². The largest absolute Gasteiger partial charge is 0.496 e. The van der Waals surface area contributed by atoms with Crippen LogP contribution in [0.2, 0.25) is 0 Å². The highest BCUT2D eigenvalue weighted by molar-refractivity contribution is 5.66. The molecule has 2 N–H and O–H groups in total. The first-order valence-corrected chi connectivity index (χ1v) is 8.10. The maximum absolute atomic E-state index is 10.9. The number of para-hydroxylation sites is 1. The van der Waals surface area contributed by atoms with Crippen molar-refractivity contribution in [2.75, 3.05) is 53.4 Å². The van der Waals surface area contributed by atoms with E-state index < -0.39 is 5.97 Å². The molecule has 0 spiro atoms. The van der Waals surface area contributed by atoms with Gasteiger partial charge in [0.05, 0.1) is 19.6 Å². The molecule has 1 heterocycles.